The van der Waals surface area contributed by atoms with Crippen LogP contribution in [0.5, 0.6) is 0 Å². The van der Waals surface area contributed by atoms with Crippen LogP contribution in [-0.4, -0.2) is 5.78 Å². The molecule has 2 aromatic carbocycles. The molecule has 0 aliphatic rings. The Bertz CT molecular complexity index is 821. The van der Waals surface area contributed by atoms with Crippen LogP contribution in [0.1, 0.15) is 16.1 Å². The largest absolute Gasteiger partial charge is 0.453 e. The molecule has 2 nitrogen and oxygen atoms in total. The summed E-state index contributed by atoms with van der Waals surface area (Å²) in [6.45, 7) is 0. The van der Waals surface area contributed by atoms with Gasteiger partial charge >= 0.3 is 0 Å². The van der Waals surface area contributed by atoms with Crippen LogP contribution in [0.15, 0.2) is 46.9 Å². The van der Waals surface area contributed by atoms with Crippen molar-refractivity contribution in [1.82, 2.24) is 0 Å². The molecule has 3 aromatic rings. The topological polar surface area (TPSA) is 30.2 Å². The molecule has 0 fully saturated rings. The minimum absolute atomic E-state index is 0.171. The van der Waals surface area contributed by atoms with E-state index in [1.54, 1.807) is 0 Å². The summed E-state index contributed by atoms with van der Waals surface area (Å²) in [6.07, 6.45) is 0. The van der Waals surface area contributed by atoms with Gasteiger partial charge in [0.05, 0.1) is 5.56 Å². The maximum absolute atomic E-state index is 13.5. The normalized spacial score (nSPS) is 10.9. The summed E-state index contributed by atoms with van der Waals surface area (Å²) in [6, 6.07) is 7.62. The van der Waals surface area contributed by atoms with Crippen LogP contribution in [0.25, 0.3) is 11.0 Å². The maximum atomic E-state index is 13.5. The summed E-state index contributed by atoms with van der Waals surface area (Å²) in [5.41, 5.74) is -0.129. The van der Waals surface area contributed by atoms with Crippen molar-refractivity contribution in [2.24, 2.45) is 0 Å². The monoisotopic (exact) mass is 276 g/mol. The third-order valence-corrected chi connectivity index (χ3v) is 2.88. The third kappa shape index (κ3) is 2.07. The molecule has 0 saturated heterocycles. The van der Waals surface area contributed by atoms with Crippen molar-refractivity contribution in [3.63, 3.8) is 0 Å². The molecule has 0 radical (unpaired) electrons. The van der Waals surface area contributed by atoms with Gasteiger partial charge in [0.15, 0.2) is 5.76 Å². The molecule has 0 amide bonds. The molecule has 0 bridgehead atoms. The van der Waals surface area contributed by atoms with Gasteiger partial charge in [0.2, 0.25) is 5.78 Å². The van der Waals surface area contributed by atoms with E-state index in [9.17, 15) is 18.0 Å². The summed E-state index contributed by atoms with van der Waals surface area (Å²) >= 11 is 0. The first-order chi connectivity index (χ1) is 9.54. The highest BCUT2D eigenvalue weighted by Gasteiger charge is 2.19. The molecule has 0 spiro atoms. The maximum Gasteiger partial charge on any atom is 0.231 e. The van der Waals surface area contributed by atoms with Crippen molar-refractivity contribution in [3.8, 4) is 0 Å². The van der Waals surface area contributed by atoms with E-state index in [0.717, 1.165) is 18.2 Å². The van der Waals surface area contributed by atoms with E-state index in [1.807, 2.05) is 0 Å². The lowest BCUT2D eigenvalue weighted by Gasteiger charge is -1.99. The lowest BCUT2D eigenvalue weighted by molar-refractivity contribution is 0.101. The van der Waals surface area contributed by atoms with Crippen LogP contribution in [-0.2, 0) is 0 Å². The van der Waals surface area contributed by atoms with Gasteiger partial charge in [-0.05, 0) is 42.5 Å². The van der Waals surface area contributed by atoms with Crippen LogP contribution < -0.4 is 0 Å². The molecule has 0 aliphatic carbocycles. The smallest absolute Gasteiger partial charge is 0.231 e. The molecule has 0 saturated carbocycles. The average molecular weight is 276 g/mol. The highest BCUT2D eigenvalue weighted by molar-refractivity contribution is 6.09. The van der Waals surface area contributed by atoms with Crippen molar-refractivity contribution in [2.45, 2.75) is 0 Å². The lowest BCUT2D eigenvalue weighted by atomic mass is 10.1. The zero-order valence-corrected chi connectivity index (χ0v) is 9.99. The van der Waals surface area contributed by atoms with Gasteiger partial charge < -0.3 is 4.42 Å². The fourth-order valence-corrected chi connectivity index (χ4v) is 1.93. The quantitative estimate of drug-likeness (QED) is 0.660. The van der Waals surface area contributed by atoms with Crippen LogP contribution >= 0.6 is 0 Å². The van der Waals surface area contributed by atoms with Crippen molar-refractivity contribution < 1.29 is 22.4 Å². The number of benzene rings is 2. The van der Waals surface area contributed by atoms with E-state index >= 15 is 0 Å². The number of furan rings is 1. The van der Waals surface area contributed by atoms with Gasteiger partial charge in [0, 0.05) is 5.39 Å². The molecule has 0 aliphatic heterocycles. The Kier molecular flexibility index (Phi) is 2.82. The molecule has 5 heteroatoms. The van der Waals surface area contributed by atoms with E-state index < -0.39 is 28.8 Å². The molecule has 0 atom stereocenters. The van der Waals surface area contributed by atoms with E-state index in [0.29, 0.717) is 11.0 Å². The molecule has 1 aromatic heterocycles. The van der Waals surface area contributed by atoms with Gasteiger partial charge in [-0.3, -0.25) is 4.79 Å². The number of rotatable bonds is 2. The lowest BCUT2D eigenvalue weighted by Crippen LogP contribution is -2.03. The number of halogens is 3. The van der Waals surface area contributed by atoms with Crippen LogP contribution in [0, 0.1) is 17.5 Å². The van der Waals surface area contributed by atoms with Crippen molar-refractivity contribution >= 4 is 16.8 Å². The van der Waals surface area contributed by atoms with Crippen molar-refractivity contribution in [1.29, 1.82) is 0 Å². The van der Waals surface area contributed by atoms with E-state index in [2.05, 4.69) is 0 Å². The van der Waals surface area contributed by atoms with Crippen LogP contribution in [0.2, 0.25) is 0 Å². The Morgan fingerprint density at radius 2 is 1.60 bits per heavy atom. The zero-order chi connectivity index (χ0) is 14.3. The number of fused-ring (bicyclic) bond motifs is 1. The molecule has 20 heavy (non-hydrogen) atoms. The van der Waals surface area contributed by atoms with Crippen LogP contribution in [0.4, 0.5) is 13.2 Å². The highest BCUT2D eigenvalue weighted by Crippen LogP contribution is 2.23. The number of ketones is 1. The summed E-state index contributed by atoms with van der Waals surface area (Å²) in [5.74, 6) is -3.01. The second kappa shape index (κ2) is 4.52. The summed E-state index contributed by atoms with van der Waals surface area (Å²) < 4.78 is 44.9. The van der Waals surface area contributed by atoms with E-state index in [-0.39, 0.29) is 5.76 Å². The first-order valence-electron chi connectivity index (χ1n) is 5.73. The number of hydrogen-bond acceptors (Lipinski definition) is 2. The summed E-state index contributed by atoms with van der Waals surface area (Å²) in [4.78, 5) is 12.1. The number of carbonyl (C=O) groups is 1. The second-order valence-corrected chi connectivity index (χ2v) is 4.25. The Morgan fingerprint density at radius 3 is 2.40 bits per heavy atom. The highest BCUT2D eigenvalue weighted by atomic mass is 19.1. The average Bonchev–Trinajstić information content (AvgIpc) is 2.83. The van der Waals surface area contributed by atoms with Gasteiger partial charge in [-0.15, -0.1) is 0 Å². The minimum Gasteiger partial charge on any atom is -0.453 e. The number of carbonyl (C=O) groups excluding carboxylic acids is 1. The summed E-state index contributed by atoms with van der Waals surface area (Å²) in [7, 11) is 0. The Morgan fingerprint density at radius 1 is 0.900 bits per heavy atom. The standard InChI is InChI=1S/C15H7F3O2/c16-9-2-4-13-8(5-9)6-14(20-13)15(19)11-7-10(17)1-3-12(11)18/h1-7H. The van der Waals surface area contributed by atoms with Crippen molar-refractivity contribution in [2.75, 3.05) is 0 Å². The molecular weight excluding hydrogens is 269 g/mol. The molecule has 100 valence electrons. The summed E-state index contributed by atoms with van der Waals surface area (Å²) in [5, 5.41) is 0.380. The third-order valence-electron chi connectivity index (χ3n) is 2.88. The predicted octanol–water partition coefficient (Wildman–Crippen LogP) is 4.08. The number of hydrogen-bond donors (Lipinski definition) is 0. The van der Waals surface area contributed by atoms with Gasteiger partial charge in [0.25, 0.3) is 0 Å². The molecule has 3 rings (SSSR count). The van der Waals surface area contributed by atoms with Crippen molar-refractivity contribution in [3.05, 3.63) is 71.2 Å². The SMILES string of the molecule is O=C(c1cc2cc(F)ccc2o1)c1cc(F)ccc1F. The Balaban J connectivity index is 2.10. The zero-order valence-electron chi connectivity index (χ0n) is 9.99. The predicted molar refractivity (Wildman–Crippen MR) is 66.0 cm³/mol. The molecule has 1 heterocycles. The second-order valence-electron chi connectivity index (χ2n) is 4.25. The van der Waals surface area contributed by atoms with E-state index in [4.69, 9.17) is 4.42 Å². The molecule has 0 N–H and O–H groups in total. The Hall–Kier alpha value is -2.56. The molecule has 0 unspecified atom stereocenters. The van der Waals surface area contributed by atoms with E-state index in [1.165, 1.54) is 24.3 Å². The Labute approximate surface area is 111 Å². The van der Waals surface area contributed by atoms with Gasteiger partial charge in [0.1, 0.15) is 23.0 Å². The fraction of sp³-hybridized carbons (Fsp3) is 0. The van der Waals surface area contributed by atoms with Crippen LogP contribution in [0.3, 0.4) is 0 Å². The minimum atomic E-state index is -0.844. The molecular formula is C15H7F3O2. The van der Waals surface area contributed by atoms with Gasteiger partial charge in [-0.25, -0.2) is 13.2 Å². The fourth-order valence-electron chi connectivity index (χ4n) is 1.93. The van der Waals surface area contributed by atoms with Gasteiger partial charge in [-0.2, -0.15) is 0 Å². The first-order valence-corrected chi connectivity index (χ1v) is 5.73. The first kappa shape index (κ1) is 12.5. The van der Waals surface area contributed by atoms with Gasteiger partial charge in [-0.1, -0.05) is 0 Å².